The average molecular weight is 359 g/mol. The van der Waals surface area contributed by atoms with Gasteiger partial charge < -0.3 is 5.73 Å². The minimum Gasteiger partial charge on any atom is -0.398 e. The van der Waals surface area contributed by atoms with Crippen LogP contribution >= 0.6 is 27.7 Å². The molecule has 2 aromatic carbocycles. The molecule has 0 heterocycles. The van der Waals surface area contributed by atoms with E-state index in [0.717, 1.165) is 9.37 Å². The molecule has 2 rings (SSSR count). The van der Waals surface area contributed by atoms with E-state index in [1.807, 2.05) is 24.3 Å². The molecule has 0 saturated carbocycles. The fourth-order valence-corrected chi connectivity index (χ4v) is 3.56. The fraction of sp³-hybridized carbons (Fsp3) is 0. The van der Waals surface area contributed by atoms with Gasteiger partial charge in [0.1, 0.15) is 0 Å². The zero-order valence-electron chi connectivity index (χ0n) is 9.71. The standard InChI is InChI=1S/C12H11BrN2O2S2/c13-8-2-1-3-9(6-8)18-12-7-10(19(15,16)17)4-5-11(12)14/h1-7H,14H2,(H2,15,16,17). The van der Waals surface area contributed by atoms with Crippen LogP contribution in [0.1, 0.15) is 0 Å². The lowest BCUT2D eigenvalue weighted by molar-refractivity contribution is 0.597. The highest BCUT2D eigenvalue weighted by molar-refractivity contribution is 9.10. The molecule has 0 aliphatic carbocycles. The largest absolute Gasteiger partial charge is 0.398 e. The molecule has 0 aliphatic heterocycles. The van der Waals surface area contributed by atoms with Gasteiger partial charge in [0.05, 0.1) is 4.90 Å². The van der Waals surface area contributed by atoms with E-state index >= 15 is 0 Å². The Morgan fingerprint density at radius 1 is 1.11 bits per heavy atom. The van der Waals surface area contributed by atoms with Gasteiger partial charge in [-0.2, -0.15) is 0 Å². The molecule has 0 aliphatic rings. The third kappa shape index (κ3) is 3.73. The number of primary sulfonamides is 1. The third-order valence-electron chi connectivity index (χ3n) is 2.34. The van der Waals surface area contributed by atoms with Gasteiger partial charge in [-0.1, -0.05) is 33.8 Å². The van der Waals surface area contributed by atoms with Crippen LogP contribution in [0, 0.1) is 0 Å². The summed E-state index contributed by atoms with van der Waals surface area (Å²) in [5.74, 6) is 0. The van der Waals surface area contributed by atoms with Gasteiger partial charge in [0.15, 0.2) is 0 Å². The maximum absolute atomic E-state index is 11.3. The Kier molecular flexibility index (Phi) is 4.19. The number of nitrogens with two attached hydrogens (primary N) is 2. The second-order valence-corrected chi connectivity index (χ2v) is 7.40. The van der Waals surface area contributed by atoms with Gasteiger partial charge in [0, 0.05) is 20.0 Å². The van der Waals surface area contributed by atoms with Crippen LogP contribution in [0.5, 0.6) is 0 Å². The summed E-state index contributed by atoms with van der Waals surface area (Å²) >= 11 is 4.76. The minimum atomic E-state index is -3.72. The zero-order valence-corrected chi connectivity index (χ0v) is 12.9. The van der Waals surface area contributed by atoms with Crippen LogP contribution < -0.4 is 10.9 Å². The van der Waals surface area contributed by atoms with Crippen molar-refractivity contribution >= 4 is 43.4 Å². The fourth-order valence-electron chi connectivity index (χ4n) is 1.44. The van der Waals surface area contributed by atoms with Crippen LogP contribution in [-0.2, 0) is 10.0 Å². The second-order valence-electron chi connectivity index (χ2n) is 3.80. The Morgan fingerprint density at radius 3 is 2.47 bits per heavy atom. The number of hydrogen-bond donors (Lipinski definition) is 2. The maximum Gasteiger partial charge on any atom is 0.238 e. The number of halogens is 1. The van der Waals surface area contributed by atoms with Gasteiger partial charge >= 0.3 is 0 Å². The first-order chi connectivity index (χ1) is 8.86. The van der Waals surface area contributed by atoms with Gasteiger partial charge in [-0.3, -0.25) is 0 Å². The lowest BCUT2D eigenvalue weighted by Crippen LogP contribution is -2.12. The Balaban J connectivity index is 2.40. The average Bonchev–Trinajstić information content (AvgIpc) is 2.30. The molecule has 0 aromatic heterocycles. The third-order valence-corrected chi connectivity index (χ3v) is 4.80. The molecule has 0 fully saturated rings. The maximum atomic E-state index is 11.3. The molecule has 0 saturated heterocycles. The molecule has 0 spiro atoms. The van der Waals surface area contributed by atoms with Crippen molar-refractivity contribution in [3.8, 4) is 0 Å². The molecular formula is C12H11BrN2O2S2. The van der Waals surface area contributed by atoms with Crippen molar-refractivity contribution in [3.63, 3.8) is 0 Å². The molecule has 4 nitrogen and oxygen atoms in total. The lowest BCUT2D eigenvalue weighted by atomic mass is 10.3. The number of sulfonamides is 1. The van der Waals surface area contributed by atoms with Gasteiger partial charge in [-0.25, -0.2) is 13.6 Å². The van der Waals surface area contributed by atoms with Crippen molar-refractivity contribution in [2.75, 3.05) is 5.73 Å². The van der Waals surface area contributed by atoms with E-state index in [-0.39, 0.29) is 4.90 Å². The number of rotatable bonds is 3. The van der Waals surface area contributed by atoms with Crippen LogP contribution in [0.4, 0.5) is 5.69 Å². The van der Waals surface area contributed by atoms with Crippen LogP contribution in [0.3, 0.4) is 0 Å². The van der Waals surface area contributed by atoms with Crippen molar-refractivity contribution in [1.29, 1.82) is 0 Å². The monoisotopic (exact) mass is 358 g/mol. The molecule has 7 heteroatoms. The second kappa shape index (κ2) is 5.54. The first-order valence-corrected chi connectivity index (χ1v) is 8.37. The summed E-state index contributed by atoms with van der Waals surface area (Å²) in [6.45, 7) is 0. The van der Waals surface area contributed by atoms with Gasteiger partial charge in [0.25, 0.3) is 0 Å². The van der Waals surface area contributed by atoms with Crippen LogP contribution in [0.25, 0.3) is 0 Å². The SMILES string of the molecule is Nc1ccc(S(N)(=O)=O)cc1Sc1cccc(Br)c1. The molecule has 4 N–H and O–H groups in total. The van der Waals surface area contributed by atoms with Crippen LogP contribution in [0.15, 0.2) is 61.6 Å². The predicted octanol–water partition coefficient (Wildman–Crippen LogP) is 2.83. The molecular weight excluding hydrogens is 348 g/mol. The van der Waals surface area contributed by atoms with Crippen molar-refractivity contribution in [3.05, 3.63) is 46.9 Å². The Labute approximate surface area is 124 Å². The minimum absolute atomic E-state index is 0.0548. The molecule has 0 radical (unpaired) electrons. The molecule has 100 valence electrons. The number of anilines is 1. The summed E-state index contributed by atoms with van der Waals surface area (Å²) in [7, 11) is -3.72. The summed E-state index contributed by atoms with van der Waals surface area (Å²) < 4.78 is 23.6. The van der Waals surface area contributed by atoms with Gasteiger partial charge in [-0.15, -0.1) is 0 Å². The summed E-state index contributed by atoms with van der Waals surface area (Å²) in [6, 6.07) is 12.1. The van der Waals surface area contributed by atoms with Crippen molar-refractivity contribution in [2.45, 2.75) is 14.7 Å². The highest BCUT2D eigenvalue weighted by Crippen LogP contribution is 2.34. The lowest BCUT2D eigenvalue weighted by Gasteiger charge is -2.07. The Hall–Kier alpha value is -1.02. The van der Waals surface area contributed by atoms with Crippen LogP contribution in [0.2, 0.25) is 0 Å². The first-order valence-electron chi connectivity index (χ1n) is 5.22. The number of benzene rings is 2. The van der Waals surface area contributed by atoms with Crippen molar-refractivity contribution in [2.24, 2.45) is 5.14 Å². The molecule has 19 heavy (non-hydrogen) atoms. The highest BCUT2D eigenvalue weighted by Gasteiger charge is 2.11. The van der Waals surface area contributed by atoms with E-state index in [1.165, 1.54) is 23.9 Å². The van der Waals surface area contributed by atoms with E-state index in [0.29, 0.717) is 10.6 Å². The first kappa shape index (κ1) is 14.4. The smallest absolute Gasteiger partial charge is 0.238 e. The summed E-state index contributed by atoms with van der Waals surface area (Å²) in [5, 5.41) is 5.11. The quantitative estimate of drug-likeness (QED) is 0.825. The van der Waals surface area contributed by atoms with Crippen LogP contribution in [-0.4, -0.2) is 8.42 Å². The Bertz CT molecular complexity index is 717. The van der Waals surface area contributed by atoms with Crippen molar-refractivity contribution in [1.82, 2.24) is 0 Å². The van der Waals surface area contributed by atoms with Crippen molar-refractivity contribution < 1.29 is 8.42 Å². The molecule has 0 amide bonds. The molecule has 2 aromatic rings. The van der Waals surface area contributed by atoms with E-state index in [4.69, 9.17) is 10.9 Å². The number of hydrogen-bond acceptors (Lipinski definition) is 4. The summed E-state index contributed by atoms with van der Waals surface area (Å²) in [5.41, 5.74) is 6.36. The molecule has 0 unspecified atom stereocenters. The predicted molar refractivity (Wildman–Crippen MR) is 80.5 cm³/mol. The Morgan fingerprint density at radius 2 is 1.84 bits per heavy atom. The van der Waals surface area contributed by atoms with E-state index in [2.05, 4.69) is 15.9 Å². The van der Waals surface area contributed by atoms with Gasteiger partial charge in [-0.05, 0) is 36.4 Å². The zero-order chi connectivity index (χ0) is 14.0. The van der Waals surface area contributed by atoms with E-state index in [9.17, 15) is 8.42 Å². The molecule has 0 bridgehead atoms. The van der Waals surface area contributed by atoms with Gasteiger partial charge in [0.2, 0.25) is 10.0 Å². The summed E-state index contributed by atoms with van der Waals surface area (Å²) in [6.07, 6.45) is 0. The normalized spacial score (nSPS) is 11.5. The highest BCUT2D eigenvalue weighted by atomic mass is 79.9. The molecule has 0 atom stereocenters. The summed E-state index contributed by atoms with van der Waals surface area (Å²) in [4.78, 5) is 1.66. The number of nitrogen functional groups attached to an aromatic ring is 1. The van der Waals surface area contributed by atoms with E-state index < -0.39 is 10.0 Å². The van der Waals surface area contributed by atoms with E-state index in [1.54, 1.807) is 6.07 Å². The topological polar surface area (TPSA) is 86.2 Å².